The zero-order valence-corrected chi connectivity index (χ0v) is 17.3. The number of nitrogens with two attached hydrogens (primary N) is 1. The molecule has 2 atom stereocenters. The monoisotopic (exact) mass is 410 g/mol. The van der Waals surface area contributed by atoms with E-state index in [0.717, 1.165) is 23.6 Å². The van der Waals surface area contributed by atoms with E-state index in [2.05, 4.69) is 10.6 Å². The molecule has 160 valence electrons. The van der Waals surface area contributed by atoms with Crippen molar-refractivity contribution in [3.8, 4) is 0 Å². The number of rotatable bonds is 6. The minimum absolute atomic E-state index is 0.125. The molecule has 2 bridgehead atoms. The molecule has 4 aliphatic rings. The third-order valence-electron chi connectivity index (χ3n) is 7.94. The zero-order valence-electron chi connectivity index (χ0n) is 17.3. The normalized spacial score (nSPS) is 31.2. The van der Waals surface area contributed by atoms with E-state index in [0.29, 0.717) is 30.5 Å². The van der Waals surface area contributed by atoms with Gasteiger partial charge in [0.15, 0.2) is 0 Å². The van der Waals surface area contributed by atoms with Crippen LogP contribution in [0.5, 0.6) is 0 Å². The summed E-state index contributed by atoms with van der Waals surface area (Å²) in [6.45, 7) is 1.85. The Morgan fingerprint density at radius 3 is 2.70 bits per heavy atom. The summed E-state index contributed by atoms with van der Waals surface area (Å²) in [6.07, 6.45) is 7.12. The summed E-state index contributed by atoms with van der Waals surface area (Å²) < 4.78 is 0. The van der Waals surface area contributed by atoms with Gasteiger partial charge in [-0.1, -0.05) is 12.1 Å². The second-order valence-corrected chi connectivity index (χ2v) is 9.59. The van der Waals surface area contributed by atoms with Crippen LogP contribution < -0.4 is 16.4 Å². The number of piperidine rings is 1. The van der Waals surface area contributed by atoms with Gasteiger partial charge in [-0.2, -0.15) is 0 Å². The second-order valence-electron chi connectivity index (χ2n) is 9.59. The highest BCUT2D eigenvalue weighted by atomic mass is 16.2. The van der Waals surface area contributed by atoms with Crippen molar-refractivity contribution in [1.82, 2.24) is 15.5 Å². The molecule has 3 fully saturated rings. The van der Waals surface area contributed by atoms with Gasteiger partial charge in [0.25, 0.3) is 5.91 Å². The van der Waals surface area contributed by atoms with E-state index in [9.17, 15) is 14.4 Å². The molecule has 3 amide bonds. The lowest BCUT2D eigenvalue weighted by Gasteiger charge is -2.33. The Labute approximate surface area is 176 Å². The van der Waals surface area contributed by atoms with Crippen LogP contribution in [0.2, 0.25) is 0 Å². The van der Waals surface area contributed by atoms with E-state index in [1.54, 1.807) is 4.90 Å². The molecule has 7 nitrogen and oxygen atoms in total. The molecule has 0 radical (unpaired) electrons. The molecule has 30 heavy (non-hydrogen) atoms. The summed E-state index contributed by atoms with van der Waals surface area (Å²) in [6, 6.07) is 5.36. The number of imide groups is 1. The number of nitrogens with zero attached hydrogens (tertiary/aromatic N) is 1. The van der Waals surface area contributed by atoms with Crippen molar-refractivity contribution in [2.24, 2.45) is 17.1 Å². The topological polar surface area (TPSA) is 105 Å². The quantitative estimate of drug-likeness (QED) is 0.616. The van der Waals surface area contributed by atoms with E-state index in [-0.39, 0.29) is 30.2 Å². The van der Waals surface area contributed by atoms with Gasteiger partial charge in [0.1, 0.15) is 6.04 Å². The summed E-state index contributed by atoms with van der Waals surface area (Å²) in [5.41, 5.74) is 9.65. The summed E-state index contributed by atoms with van der Waals surface area (Å²) in [7, 11) is 0. The number of hydrogen-bond acceptors (Lipinski definition) is 5. The minimum atomic E-state index is -0.575. The van der Waals surface area contributed by atoms with Gasteiger partial charge in [-0.05, 0) is 67.1 Å². The van der Waals surface area contributed by atoms with Crippen LogP contribution in [0.4, 0.5) is 0 Å². The predicted octanol–water partition coefficient (Wildman–Crippen LogP) is 1.44. The van der Waals surface area contributed by atoms with Crippen LogP contribution in [0, 0.1) is 11.3 Å². The van der Waals surface area contributed by atoms with Crippen LogP contribution in [0.1, 0.15) is 66.4 Å². The highest BCUT2D eigenvalue weighted by Gasteiger charge is 2.48. The van der Waals surface area contributed by atoms with Crippen molar-refractivity contribution in [2.75, 3.05) is 6.54 Å². The third kappa shape index (κ3) is 3.24. The molecule has 0 spiro atoms. The first-order valence-corrected chi connectivity index (χ1v) is 11.2. The molecule has 1 aromatic rings. The molecular weight excluding hydrogens is 380 g/mol. The van der Waals surface area contributed by atoms with Gasteiger partial charge in [-0.25, -0.2) is 0 Å². The highest BCUT2D eigenvalue weighted by molar-refractivity contribution is 6.05. The standard InChI is InChI=1S/C23H30N4O3/c24-19(23-8-6-14(10-23)7-9-23)12-25-11-15-2-1-3-16-17(15)13-27(22(16)30)18-4-5-20(28)26-21(18)29/h1-3,14,18-19,25H,4-13,24H2,(H,26,28,29). The highest BCUT2D eigenvalue weighted by Crippen LogP contribution is 2.55. The lowest BCUT2D eigenvalue weighted by Crippen LogP contribution is -2.52. The maximum atomic E-state index is 12.9. The first-order chi connectivity index (χ1) is 14.5. The maximum absolute atomic E-state index is 12.9. The number of carbonyl (C=O) groups excluding carboxylic acids is 3. The van der Waals surface area contributed by atoms with E-state index in [4.69, 9.17) is 5.73 Å². The second kappa shape index (κ2) is 7.46. The number of amides is 3. The fourth-order valence-corrected chi connectivity index (χ4v) is 6.15. The number of carbonyl (C=O) groups is 3. The van der Waals surface area contributed by atoms with E-state index in [1.807, 2.05) is 18.2 Å². The van der Waals surface area contributed by atoms with Gasteiger partial charge in [-0.3, -0.25) is 19.7 Å². The van der Waals surface area contributed by atoms with Crippen molar-refractivity contribution in [2.45, 2.75) is 70.1 Å². The lowest BCUT2D eigenvalue weighted by atomic mass is 9.77. The molecule has 2 aliphatic heterocycles. The maximum Gasteiger partial charge on any atom is 0.255 e. The molecule has 1 saturated heterocycles. The molecule has 1 aromatic carbocycles. The van der Waals surface area contributed by atoms with Crippen molar-refractivity contribution in [1.29, 1.82) is 0 Å². The van der Waals surface area contributed by atoms with Crippen LogP contribution in [-0.2, 0) is 22.7 Å². The van der Waals surface area contributed by atoms with E-state index < -0.39 is 6.04 Å². The van der Waals surface area contributed by atoms with Gasteiger partial charge in [0.2, 0.25) is 11.8 Å². The van der Waals surface area contributed by atoms with Crippen LogP contribution in [0.25, 0.3) is 0 Å². The summed E-state index contributed by atoms with van der Waals surface area (Å²) in [5.74, 6) is 0.123. The Kier molecular flexibility index (Phi) is 4.90. The van der Waals surface area contributed by atoms with Crippen molar-refractivity contribution < 1.29 is 14.4 Å². The molecule has 2 unspecified atom stereocenters. The smallest absolute Gasteiger partial charge is 0.255 e. The molecule has 2 heterocycles. The van der Waals surface area contributed by atoms with Crippen molar-refractivity contribution in [3.63, 3.8) is 0 Å². The Balaban J connectivity index is 1.24. The lowest BCUT2D eigenvalue weighted by molar-refractivity contribution is -0.136. The molecule has 0 aromatic heterocycles. The van der Waals surface area contributed by atoms with Crippen LogP contribution in [-0.4, -0.2) is 41.2 Å². The summed E-state index contributed by atoms with van der Waals surface area (Å²) in [4.78, 5) is 38.3. The number of nitrogens with one attached hydrogen (secondary N) is 2. The van der Waals surface area contributed by atoms with Gasteiger partial charge < -0.3 is 16.0 Å². The minimum Gasteiger partial charge on any atom is -0.326 e. The van der Waals surface area contributed by atoms with Crippen LogP contribution >= 0.6 is 0 Å². The fourth-order valence-electron chi connectivity index (χ4n) is 6.15. The predicted molar refractivity (Wildman–Crippen MR) is 111 cm³/mol. The average Bonchev–Trinajstić information content (AvgIpc) is 3.43. The largest absolute Gasteiger partial charge is 0.326 e. The molecule has 7 heteroatoms. The van der Waals surface area contributed by atoms with Gasteiger partial charge in [0, 0.05) is 37.7 Å². The zero-order chi connectivity index (χ0) is 20.9. The van der Waals surface area contributed by atoms with Gasteiger partial charge in [0.05, 0.1) is 0 Å². The van der Waals surface area contributed by atoms with Gasteiger partial charge in [-0.15, -0.1) is 0 Å². The summed E-state index contributed by atoms with van der Waals surface area (Å²) >= 11 is 0. The van der Waals surface area contributed by atoms with Crippen molar-refractivity contribution >= 4 is 17.7 Å². The molecule has 4 N–H and O–H groups in total. The fraction of sp³-hybridized carbons (Fsp3) is 0.609. The Hall–Kier alpha value is -2.25. The molecule has 2 saturated carbocycles. The van der Waals surface area contributed by atoms with Gasteiger partial charge >= 0.3 is 0 Å². The third-order valence-corrected chi connectivity index (χ3v) is 7.94. The first-order valence-electron chi connectivity index (χ1n) is 11.2. The van der Waals surface area contributed by atoms with Crippen LogP contribution in [0.3, 0.4) is 0 Å². The molecule has 2 aliphatic carbocycles. The number of benzene rings is 1. The summed E-state index contributed by atoms with van der Waals surface area (Å²) in [5, 5.41) is 5.89. The Morgan fingerprint density at radius 2 is 2.00 bits per heavy atom. The number of fused-ring (bicyclic) bond motifs is 3. The van der Waals surface area contributed by atoms with Crippen LogP contribution in [0.15, 0.2) is 18.2 Å². The van der Waals surface area contributed by atoms with Crippen molar-refractivity contribution in [3.05, 3.63) is 34.9 Å². The average molecular weight is 411 g/mol. The Bertz CT molecular complexity index is 890. The molecular formula is C23H30N4O3. The van der Waals surface area contributed by atoms with E-state index in [1.165, 1.54) is 32.1 Å². The molecule has 5 rings (SSSR count). The first kappa shape index (κ1) is 19.7. The van der Waals surface area contributed by atoms with E-state index >= 15 is 0 Å². The Morgan fingerprint density at radius 1 is 1.20 bits per heavy atom. The SMILES string of the molecule is NC(CNCc1cccc2c1CN(C1CCC(=O)NC1=O)C2=O)C12CCC(CC1)C2. The number of hydrogen-bond donors (Lipinski definition) is 3.